The number of hydrogen-bond donors (Lipinski definition) is 0. The van der Waals surface area contributed by atoms with Gasteiger partial charge in [-0.25, -0.2) is 4.79 Å². The van der Waals surface area contributed by atoms with E-state index in [2.05, 4.69) is 20.8 Å². The van der Waals surface area contributed by atoms with Crippen molar-refractivity contribution < 1.29 is 4.42 Å². The van der Waals surface area contributed by atoms with Gasteiger partial charge in [0.05, 0.1) is 6.26 Å². The summed E-state index contributed by atoms with van der Waals surface area (Å²) in [7, 11) is 0. The average molecular weight is 208 g/mol. The van der Waals surface area contributed by atoms with Crippen molar-refractivity contribution in [2.24, 2.45) is 0 Å². The molecule has 1 aromatic heterocycles. The van der Waals surface area contributed by atoms with Crippen LogP contribution in [0.3, 0.4) is 0 Å². The van der Waals surface area contributed by atoms with E-state index in [0.717, 1.165) is 11.1 Å². The summed E-state index contributed by atoms with van der Waals surface area (Å²) in [6.07, 6.45) is 1.48. The summed E-state index contributed by atoms with van der Waals surface area (Å²) in [6, 6.07) is 1.90. The highest BCUT2D eigenvalue weighted by Crippen LogP contribution is 2.31. The number of rotatable bonds is 0. The third kappa shape index (κ3) is 2.49. The van der Waals surface area contributed by atoms with Crippen LogP contribution in [0.25, 0.3) is 0 Å². The fourth-order valence-corrected chi connectivity index (χ4v) is 1.75. The largest absolute Gasteiger partial charge is 0.431 e. The van der Waals surface area contributed by atoms with Gasteiger partial charge < -0.3 is 4.42 Å². The van der Waals surface area contributed by atoms with Crippen LogP contribution in [-0.2, 0) is 10.8 Å². The summed E-state index contributed by atoms with van der Waals surface area (Å²) in [6.45, 7) is 12.4. The second-order valence-corrected chi connectivity index (χ2v) is 6.00. The molecule has 0 aliphatic rings. The van der Waals surface area contributed by atoms with E-state index in [1.807, 2.05) is 26.8 Å². The van der Waals surface area contributed by atoms with Crippen LogP contribution in [0.5, 0.6) is 0 Å². The third-order valence-corrected chi connectivity index (χ3v) is 2.44. The summed E-state index contributed by atoms with van der Waals surface area (Å²) in [4.78, 5) is 11.8. The zero-order chi connectivity index (χ0) is 11.9. The first kappa shape index (κ1) is 12.0. The molecule has 0 unspecified atom stereocenters. The van der Waals surface area contributed by atoms with Gasteiger partial charge in [-0.1, -0.05) is 41.5 Å². The topological polar surface area (TPSA) is 30.2 Å². The minimum atomic E-state index is -0.213. The molecule has 0 atom stereocenters. The fraction of sp³-hybridized carbons (Fsp3) is 0.615. The molecule has 0 saturated heterocycles. The Morgan fingerprint density at radius 3 is 1.87 bits per heavy atom. The zero-order valence-electron chi connectivity index (χ0n) is 10.5. The standard InChI is InChI=1S/C13H20O2/c1-12(2,3)9-7-8-15-11(14)10(9)13(4,5)6/h7-8H,1-6H3. The molecule has 0 spiro atoms. The summed E-state index contributed by atoms with van der Waals surface area (Å²) in [5.41, 5.74) is 1.45. The highest BCUT2D eigenvalue weighted by atomic mass is 16.4. The predicted octanol–water partition coefficient (Wildman–Crippen LogP) is 3.23. The molecule has 15 heavy (non-hydrogen) atoms. The lowest BCUT2D eigenvalue weighted by molar-refractivity contribution is 0.445. The van der Waals surface area contributed by atoms with Crippen molar-refractivity contribution in [1.29, 1.82) is 0 Å². The molecule has 0 N–H and O–H groups in total. The highest BCUT2D eigenvalue weighted by Gasteiger charge is 2.28. The highest BCUT2D eigenvalue weighted by molar-refractivity contribution is 5.33. The second kappa shape index (κ2) is 3.51. The van der Waals surface area contributed by atoms with Gasteiger partial charge in [-0.2, -0.15) is 0 Å². The van der Waals surface area contributed by atoms with Crippen LogP contribution >= 0.6 is 0 Å². The van der Waals surface area contributed by atoms with Gasteiger partial charge >= 0.3 is 5.63 Å². The van der Waals surface area contributed by atoms with Gasteiger partial charge in [0.1, 0.15) is 0 Å². The molecular formula is C13H20O2. The van der Waals surface area contributed by atoms with E-state index in [1.165, 1.54) is 6.26 Å². The van der Waals surface area contributed by atoms with E-state index in [0.29, 0.717) is 0 Å². The zero-order valence-corrected chi connectivity index (χ0v) is 10.5. The van der Waals surface area contributed by atoms with Crippen LogP contribution in [0.15, 0.2) is 21.5 Å². The van der Waals surface area contributed by atoms with E-state index < -0.39 is 0 Å². The monoisotopic (exact) mass is 208 g/mol. The van der Waals surface area contributed by atoms with Crippen LogP contribution < -0.4 is 5.63 Å². The van der Waals surface area contributed by atoms with Crippen molar-refractivity contribution in [2.45, 2.75) is 52.4 Å². The maximum absolute atomic E-state index is 11.8. The molecule has 0 amide bonds. The fourth-order valence-electron chi connectivity index (χ4n) is 1.75. The van der Waals surface area contributed by atoms with E-state index >= 15 is 0 Å². The van der Waals surface area contributed by atoms with E-state index in [4.69, 9.17) is 4.42 Å². The van der Waals surface area contributed by atoms with E-state index in [1.54, 1.807) is 0 Å². The van der Waals surface area contributed by atoms with Crippen molar-refractivity contribution in [2.75, 3.05) is 0 Å². The van der Waals surface area contributed by atoms with Gasteiger partial charge in [-0.3, -0.25) is 0 Å². The Bertz CT molecular complexity index is 400. The van der Waals surface area contributed by atoms with Gasteiger partial charge in [0, 0.05) is 5.56 Å². The normalized spacial score (nSPS) is 12.9. The summed E-state index contributed by atoms with van der Waals surface area (Å²) >= 11 is 0. The lowest BCUT2D eigenvalue weighted by Crippen LogP contribution is -2.29. The molecule has 1 heterocycles. The van der Waals surface area contributed by atoms with Crippen LogP contribution in [0.1, 0.15) is 52.7 Å². The lowest BCUT2D eigenvalue weighted by Gasteiger charge is -2.27. The van der Waals surface area contributed by atoms with Crippen LogP contribution in [0.4, 0.5) is 0 Å². The average Bonchev–Trinajstić information content (AvgIpc) is 1.99. The van der Waals surface area contributed by atoms with Gasteiger partial charge in [0.25, 0.3) is 0 Å². The third-order valence-electron chi connectivity index (χ3n) is 2.44. The van der Waals surface area contributed by atoms with Crippen molar-refractivity contribution in [3.05, 3.63) is 33.9 Å². The van der Waals surface area contributed by atoms with Gasteiger partial charge in [-0.05, 0) is 22.5 Å². The quantitative estimate of drug-likeness (QED) is 0.655. The molecule has 2 heteroatoms. The van der Waals surface area contributed by atoms with Crippen molar-refractivity contribution in [3.8, 4) is 0 Å². The SMILES string of the molecule is CC(C)(C)c1ccoc(=O)c1C(C)(C)C. The number of hydrogen-bond acceptors (Lipinski definition) is 2. The first-order chi connectivity index (χ1) is 6.64. The summed E-state index contributed by atoms with van der Waals surface area (Å²) in [5, 5.41) is 0. The minimum Gasteiger partial charge on any atom is -0.431 e. The molecule has 1 aromatic rings. The van der Waals surface area contributed by atoms with Crippen molar-refractivity contribution in [3.63, 3.8) is 0 Å². The molecule has 84 valence electrons. The molecule has 2 nitrogen and oxygen atoms in total. The predicted molar refractivity (Wildman–Crippen MR) is 62.4 cm³/mol. The molecule has 1 rings (SSSR count). The Hall–Kier alpha value is -1.05. The van der Waals surface area contributed by atoms with E-state index in [9.17, 15) is 4.79 Å². The first-order valence-corrected chi connectivity index (χ1v) is 5.27. The van der Waals surface area contributed by atoms with Gasteiger partial charge in [0.2, 0.25) is 0 Å². The molecule has 0 fully saturated rings. The van der Waals surface area contributed by atoms with E-state index in [-0.39, 0.29) is 16.5 Å². The van der Waals surface area contributed by atoms with Crippen LogP contribution in [-0.4, -0.2) is 0 Å². The van der Waals surface area contributed by atoms with Gasteiger partial charge in [-0.15, -0.1) is 0 Å². The van der Waals surface area contributed by atoms with Crippen LogP contribution in [0, 0.1) is 0 Å². The van der Waals surface area contributed by atoms with Crippen LogP contribution in [0.2, 0.25) is 0 Å². The lowest BCUT2D eigenvalue weighted by atomic mass is 9.76. The molecular weight excluding hydrogens is 188 g/mol. The maximum atomic E-state index is 11.8. The second-order valence-electron chi connectivity index (χ2n) is 6.00. The Kier molecular flexibility index (Phi) is 2.81. The maximum Gasteiger partial charge on any atom is 0.339 e. The van der Waals surface area contributed by atoms with Gasteiger partial charge in [0.15, 0.2) is 0 Å². The Morgan fingerprint density at radius 1 is 1.00 bits per heavy atom. The summed E-state index contributed by atoms with van der Waals surface area (Å²) < 4.78 is 4.97. The Balaban J connectivity index is 3.55. The Labute approximate surface area is 91.3 Å². The molecule has 0 aliphatic heterocycles. The molecule has 0 saturated carbocycles. The molecule has 0 aliphatic carbocycles. The molecule has 0 bridgehead atoms. The minimum absolute atomic E-state index is 0.0292. The van der Waals surface area contributed by atoms with Crippen molar-refractivity contribution in [1.82, 2.24) is 0 Å². The first-order valence-electron chi connectivity index (χ1n) is 5.27. The van der Waals surface area contributed by atoms with Crippen molar-refractivity contribution >= 4 is 0 Å². The summed E-state index contributed by atoms with van der Waals surface area (Å²) in [5.74, 6) is 0. The molecule has 0 radical (unpaired) electrons. The molecule has 0 aromatic carbocycles. The Morgan fingerprint density at radius 2 is 1.53 bits per heavy atom. The smallest absolute Gasteiger partial charge is 0.339 e.